The number of anilines is 1. The number of halogens is 3. The zero-order valence-electron chi connectivity index (χ0n) is 13.3. The van der Waals surface area contributed by atoms with Crippen LogP contribution in [0.25, 0.3) is 0 Å². The third-order valence-corrected chi connectivity index (χ3v) is 3.10. The summed E-state index contributed by atoms with van der Waals surface area (Å²) in [5, 5.41) is 12.8. The molecule has 0 saturated carbocycles. The van der Waals surface area contributed by atoms with Crippen LogP contribution in [-0.2, 0) is 10.9 Å². The number of methoxy groups -OCH3 is 1. The Bertz CT molecular complexity index is 803. The average molecular weight is 374 g/mol. The van der Waals surface area contributed by atoms with E-state index in [0.717, 1.165) is 24.3 Å². The molecule has 0 unspecified atom stereocenters. The minimum atomic E-state index is -4.63. The second kappa shape index (κ2) is 7.87. The van der Waals surface area contributed by atoms with Gasteiger partial charge in [-0.1, -0.05) is 0 Å². The highest BCUT2D eigenvalue weighted by atomic mass is 19.4. The van der Waals surface area contributed by atoms with Crippen molar-refractivity contribution in [3.8, 4) is 5.75 Å². The number of furan rings is 1. The topological polar surface area (TPSA) is 104 Å². The number of benzene rings is 1. The number of nitrogens with one attached hydrogen (secondary N) is 1. The van der Waals surface area contributed by atoms with Gasteiger partial charge in [-0.05, 0) is 24.3 Å². The Labute approximate surface area is 144 Å². The van der Waals surface area contributed by atoms with Gasteiger partial charge in [-0.2, -0.15) is 13.2 Å². The van der Waals surface area contributed by atoms with Gasteiger partial charge in [0.2, 0.25) is 0 Å². The number of ether oxygens (including phenoxy) is 2. The quantitative estimate of drug-likeness (QED) is 0.452. The van der Waals surface area contributed by atoms with E-state index in [9.17, 15) is 28.1 Å². The van der Waals surface area contributed by atoms with Gasteiger partial charge in [-0.25, -0.2) is 0 Å². The summed E-state index contributed by atoms with van der Waals surface area (Å²) in [6.45, 7) is 0.218. The van der Waals surface area contributed by atoms with Gasteiger partial charge in [0, 0.05) is 7.11 Å². The molecule has 2 rings (SSSR count). The molecule has 0 radical (unpaired) electrons. The number of carbonyl (C=O) groups excluding carboxylic acids is 1. The molecule has 1 heterocycles. The second-order valence-electron chi connectivity index (χ2n) is 4.90. The molecule has 0 atom stereocenters. The van der Waals surface area contributed by atoms with Gasteiger partial charge in [0.15, 0.2) is 5.76 Å². The molecular formula is C15H13F3N2O6. The van der Waals surface area contributed by atoms with Crippen LogP contribution in [0.2, 0.25) is 0 Å². The van der Waals surface area contributed by atoms with E-state index in [0.29, 0.717) is 6.07 Å². The summed E-state index contributed by atoms with van der Waals surface area (Å²) < 4.78 is 53.5. The van der Waals surface area contributed by atoms with E-state index < -0.39 is 34.2 Å². The van der Waals surface area contributed by atoms with Crippen molar-refractivity contribution in [1.29, 1.82) is 0 Å². The fourth-order valence-corrected chi connectivity index (χ4v) is 1.90. The highest BCUT2D eigenvalue weighted by molar-refractivity contribution is 6.03. The minimum absolute atomic E-state index is 0.0237. The molecule has 0 aliphatic heterocycles. The predicted octanol–water partition coefficient (Wildman–Crippen LogP) is 3.48. The molecule has 0 saturated heterocycles. The zero-order valence-corrected chi connectivity index (χ0v) is 13.3. The van der Waals surface area contributed by atoms with Crippen LogP contribution in [0.15, 0.2) is 34.7 Å². The first-order chi connectivity index (χ1) is 12.2. The summed E-state index contributed by atoms with van der Waals surface area (Å²) in [4.78, 5) is 21.8. The molecule has 0 bridgehead atoms. The first kappa shape index (κ1) is 19.2. The van der Waals surface area contributed by atoms with Crippen molar-refractivity contribution in [2.45, 2.75) is 6.18 Å². The smallest absolute Gasteiger partial charge is 0.433 e. The largest absolute Gasteiger partial charge is 0.489 e. The van der Waals surface area contributed by atoms with Crippen molar-refractivity contribution in [2.24, 2.45) is 0 Å². The Morgan fingerprint density at radius 3 is 2.58 bits per heavy atom. The summed E-state index contributed by atoms with van der Waals surface area (Å²) in [5.41, 5.74) is -1.27. The number of nitro groups is 1. The summed E-state index contributed by atoms with van der Waals surface area (Å²) in [5.74, 6) is -2.09. The monoisotopic (exact) mass is 374 g/mol. The minimum Gasteiger partial charge on any atom is -0.489 e. The van der Waals surface area contributed by atoms with Crippen LogP contribution in [0.3, 0.4) is 0 Å². The SMILES string of the molecule is COCCOc1ccc(C(F)(F)F)cc1NC(=O)c1ccc([N+](=O)[O-])o1. The maximum Gasteiger partial charge on any atom is 0.433 e. The van der Waals surface area contributed by atoms with E-state index in [-0.39, 0.29) is 24.7 Å². The Morgan fingerprint density at radius 2 is 2.00 bits per heavy atom. The van der Waals surface area contributed by atoms with Crippen molar-refractivity contribution in [3.05, 3.63) is 51.8 Å². The molecule has 1 aromatic carbocycles. The number of nitrogens with zero attached hydrogens (tertiary/aromatic N) is 1. The Kier molecular flexibility index (Phi) is 5.82. The molecule has 1 amide bonds. The number of carbonyl (C=O) groups is 1. The normalized spacial score (nSPS) is 11.2. The van der Waals surface area contributed by atoms with Crippen LogP contribution in [-0.4, -0.2) is 31.2 Å². The molecule has 8 nitrogen and oxygen atoms in total. The van der Waals surface area contributed by atoms with Gasteiger partial charge < -0.3 is 19.2 Å². The van der Waals surface area contributed by atoms with Gasteiger partial charge in [0.25, 0.3) is 5.91 Å². The molecule has 1 N–H and O–H groups in total. The lowest BCUT2D eigenvalue weighted by molar-refractivity contribution is -0.402. The van der Waals surface area contributed by atoms with E-state index in [1.54, 1.807) is 0 Å². The van der Waals surface area contributed by atoms with Crippen molar-refractivity contribution >= 4 is 17.5 Å². The number of amides is 1. The van der Waals surface area contributed by atoms with E-state index >= 15 is 0 Å². The van der Waals surface area contributed by atoms with Gasteiger partial charge in [0.1, 0.15) is 17.3 Å². The molecule has 0 aliphatic rings. The van der Waals surface area contributed by atoms with Crippen molar-refractivity contribution < 1.29 is 36.8 Å². The van der Waals surface area contributed by atoms with E-state index in [4.69, 9.17) is 13.9 Å². The molecule has 0 spiro atoms. The van der Waals surface area contributed by atoms with Crippen LogP contribution >= 0.6 is 0 Å². The van der Waals surface area contributed by atoms with Crippen molar-refractivity contribution in [1.82, 2.24) is 0 Å². The molecule has 0 fully saturated rings. The number of hydrogen-bond acceptors (Lipinski definition) is 6. The van der Waals surface area contributed by atoms with Gasteiger partial charge in [-0.3, -0.25) is 14.9 Å². The number of hydrogen-bond donors (Lipinski definition) is 1. The Hall–Kier alpha value is -3.08. The summed E-state index contributed by atoms with van der Waals surface area (Å²) in [6.07, 6.45) is -4.63. The fraction of sp³-hybridized carbons (Fsp3) is 0.267. The van der Waals surface area contributed by atoms with Gasteiger partial charge in [-0.15, -0.1) is 0 Å². The van der Waals surface area contributed by atoms with Crippen LogP contribution in [0.5, 0.6) is 5.75 Å². The third-order valence-electron chi connectivity index (χ3n) is 3.10. The Morgan fingerprint density at radius 1 is 1.27 bits per heavy atom. The first-order valence-electron chi connectivity index (χ1n) is 7.11. The lowest BCUT2D eigenvalue weighted by Crippen LogP contribution is -2.15. The third kappa shape index (κ3) is 4.72. The van der Waals surface area contributed by atoms with Gasteiger partial charge in [0.05, 0.1) is 23.9 Å². The number of rotatable bonds is 7. The van der Waals surface area contributed by atoms with E-state index in [1.807, 2.05) is 0 Å². The lowest BCUT2D eigenvalue weighted by Gasteiger charge is -2.14. The van der Waals surface area contributed by atoms with Crippen LogP contribution in [0.4, 0.5) is 24.7 Å². The molecule has 11 heteroatoms. The number of alkyl halides is 3. The standard InChI is InChI=1S/C15H13F3N2O6/c1-24-6-7-25-11-3-2-9(15(16,17)18)8-10(11)19-14(21)12-4-5-13(26-12)20(22)23/h2-5,8H,6-7H2,1H3,(H,19,21). The molecule has 2 aromatic rings. The second-order valence-corrected chi connectivity index (χ2v) is 4.90. The van der Waals surface area contributed by atoms with E-state index in [1.165, 1.54) is 7.11 Å². The molecule has 26 heavy (non-hydrogen) atoms. The highest BCUT2D eigenvalue weighted by Crippen LogP contribution is 2.35. The predicted molar refractivity (Wildman–Crippen MR) is 82.1 cm³/mol. The zero-order chi connectivity index (χ0) is 19.3. The molecule has 0 aliphatic carbocycles. The van der Waals surface area contributed by atoms with Crippen LogP contribution in [0, 0.1) is 10.1 Å². The van der Waals surface area contributed by atoms with E-state index in [2.05, 4.69) is 5.32 Å². The maximum atomic E-state index is 12.9. The van der Waals surface area contributed by atoms with Crippen LogP contribution < -0.4 is 10.1 Å². The molecule has 140 valence electrons. The van der Waals surface area contributed by atoms with Gasteiger partial charge >= 0.3 is 12.1 Å². The summed E-state index contributed by atoms with van der Waals surface area (Å²) in [6, 6.07) is 4.54. The maximum absolute atomic E-state index is 12.9. The Balaban J connectivity index is 2.27. The first-order valence-corrected chi connectivity index (χ1v) is 7.11. The average Bonchev–Trinajstić information content (AvgIpc) is 3.06. The fourth-order valence-electron chi connectivity index (χ4n) is 1.90. The molecular weight excluding hydrogens is 361 g/mol. The highest BCUT2D eigenvalue weighted by Gasteiger charge is 2.31. The van der Waals surface area contributed by atoms with Crippen LogP contribution in [0.1, 0.15) is 16.1 Å². The van der Waals surface area contributed by atoms with Crippen molar-refractivity contribution in [2.75, 3.05) is 25.6 Å². The lowest BCUT2D eigenvalue weighted by atomic mass is 10.1. The molecule has 1 aromatic heterocycles. The summed E-state index contributed by atoms with van der Waals surface area (Å²) >= 11 is 0. The summed E-state index contributed by atoms with van der Waals surface area (Å²) in [7, 11) is 1.42. The van der Waals surface area contributed by atoms with Crippen molar-refractivity contribution in [3.63, 3.8) is 0 Å².